The van der Waals surface area contributed by atoms with Crippen LogP contribution in [0.25, 0.3) is 0 Å². The average Bonchev–Trinajstić information content (AvgIpc) is 2.78. The third-order valence-electron chi connectivity index (χ3n) is 4.19. The van der Waals surface area contributed by atoms with Gasteiger partial charge in [0.05, 0.1) is 17.2 Å². The van der Waals surface area contributed by atoms with Crippen LogP contribution >= 0.6 is 0 Å². The summed E-state index contributed by atoms with van der Waals surface area (Å²) in [6, 6.07) is 10.1. The maximum absolute atomic E-state index is 12.9. The summed E-state index contributed by atoms with van der Waals surface area (Å²) in [5.74, 6) is -0.126. The first-order valence-electron chi connectivity index (χ1n) is 7.65. The van der Waals surface area contributed by atoms with Crippen LogP contribution in [0.1, 0.15) is 27.0 Å². The van der Waals surface area contributed by atoms with Crippen LogP contribution in [0.5, 0.6) is 0 Å². The largest absolute Gasteiger partial charge is 0.306 e. The van der Waals surface area contributed by atoms with Crippen molar-refractivity contribution in [2.75, 3.05) is 18.0 Å². The van der Waals surface area contributed by atoms with Gasteiger partial charge in [-0.15, -0.1) is 0 Å². The fraction of sp³-hybridized carbons (Fsp3) is 0.222. The number of benzodiazepines with no additional fused rings is 1. The molecule has 122 valence electrons. The highest BCUT2D eigenvalue weighted by atomic mass is 16.6. The van der Waals surface area contributed by atoms with Gasteiger partial charge in [0, 0.05) is 36.0 Å². The topological polar surface area (TPSA) is 75.8 Å². The third kappa shape index (κ3) is 2.90. The van der Waals surface area contributed by atoms with Crippen LogP contribution in [0, 0.1) is 24.0 Å². The van der Waals surface area contributed by atoms with Crippen molar-refractivity contribution in [3.05, 3.63) is 68.8 Å². The second-order valence-corrected chi connectivity index (χ2v) is 5.79. The fourth-order valence-corrected chi connectivity index (χ4v) is 2.69. The maximum Gasteiger partial charge on any atom is 0.270 e. The van der Waals surface area contributed by atoms with Gasteiger partial charge in [-0.3, -0.25) is 19.9 Å². The molecule has 0 fully saturated rings. The van der Waals surface area contributed by atoms with E-state index >= 15 is 0 Å². The zero-order valence-electron chi connectivity index (χ0n) is 13.5. The van der Waals surface area contributed by atoms with Gasteiger partial charge in [0.25, 0.3) is 11.6 Å². The molecule has 0 unspecified atom stereocenters. The van der Waals surface area contributed by atoms with Gasteiger partial charge >= 0.3 is 0 Å². The molecule has 1 aliphatic rings. The van der Waals surface area contributed by atoms with Crippen LogP contribution in [0.15, 0.2) is 41.4 Å². The van der Waals surface area contributed by atoms with Crippen LogP contribution < -0.4 is 4.90 Å². The van der Waals surface area contributed by atoms with E-state index in [0.717, 1.165) is 11.1 Å². The van der Waals surface area contributed by atoms with Gasteiger partial charge in [0.2, 0.25) is 0 Å². The Morgan fingerprint density at radius 3 is 2.67 bits per heavy atom. The van der Waals surface area contributed by atoms with Crippen molar-refractivity contribution >= 4 is 23.5 Å². The lowest BCUT2D eigenvalue weighted by molar-refractivity contribution is -0.384. The lowest BCUT2D eigenvalue weighted by Crippen LogP contribution is -2.33. The Morgan fingerprint density at radius 2 is 1.96 bits per heavy atom. The van der Waals surface area contributed by atoms with E-state index in [0.29, 0.717) is 29.9 Å². The Labute approximate surface area is 139 Å². The van der Waals surface area contributed by atoms with Gasteiger partial charge in [-0.25, -0.2) is 0 Å². The molecule has 1 aliphatic heterocycles. The molecule has 2 aromatic carbocycles. The van der Waals surface area contributed by atoms with E-state index in [9.17, 15) is 14.9 Å². The van der Waals surface area contributed by atoms with E-state index in [1.807, 2.05) is 32.0 Å². The first-order chi connectivity index (χ1) is 11.5. The van der Waals surface area contributed by atoms with Gasteiger partial charge in [0.15, 0.2) is 0 Å². The molecule has 1 heterocycles. The number of carbonyl (C=O) groups is 1. The molecular formula is C18H17N3O3. The molecule has 0 radical (unpaired) electrons. The first kappa shape index (κ1) is 15.9. The number of fused-ring (bicyclic) bond motifs is 1. The molecule has 3 rings (SSSR count). The number of hydrogen-bond acceptors (Lipinski definition) is 4. The number of nitro groups is 1. The van der Waals surface area contributed by atoms with Gasteiger partial charge in [-0.1, -0.05) is 6.07 Å². The molecule has 0 atom stereocenters. The number of non-ortho nitro benzene ring substituents is 1. The molecule has 0 spiro atoms. The van der Waals surface area contributed by atoms with Crippen LogP contribution in [0.2, 0.25) is 0 Å². The van der Waals surface area contributed by atoms with Crippen LogP contribution in [0.4, 0.5) is 11.4 Å². The number of hydrogen-bond donors (Lipinski definition) is 0. The van der Waals surface area contributed by atoms with Crippen molar-refractivity contribution < 1.29 is 9.72 Å². The highest BCUT2D eigenvalue weighted by Crippen LogP contribution is 2.27. The van der Waals surface area contributed by atoms with E-state index in [1.54, 1.807) is 17.2 Å². The second kappa shape index (κ2) is 6.23. The molecule has 24 heavy (non-hydrogen) atoms. The smallest absolute Gasteiger partial charge is 0.270 e. The number of amides is 1. The highest BCUT2D eigenvalue weighted by Gasteiger charge is 2.23. The number of aryl methyl sites for hydroxylation is 2. The van der Waals surface area contributed by atoms with Crippen molar-refractivity contribution in [1.29, 1.82) is 0 Å². The van der Waals surface area contributed by atoms with Crippen molar-refractivity contribution in [2.45, 2.75) is 13.8 Å². The predicted octanol–water partition coefficient (Wildman–Crippen LogP) is 3.29. The molecule has 0 aliphatic carbocycles. The molecule has 0 bridgehead atoms. The van der Waals surface area contributed by atoms with E-state index in [-0.39, 0.29) is 11.6 Å². The lowest BCUT2D eigenvalue weighted by atomic mass is 10.0. The summed E-state index contributed by atoms with van der Waals surface area (Å²) in [5, 5.41) is 11.0. The SMILES string of the molecule is Cc1ccc(C(=O)N2CCN=Cc3cc([N+](=O)[O-])ccc32)cc1C. The number of nitro benzene ring substituents is 1. The summed E-state index contributed by atoms with van der Waals surface area (Å²) in [4.78, 5) is 29.3. The Morgan fingerprint density at radius 1 is 1.17 bits per heavy atom. The standard InChI is InChI=1S/C18H17N3O3/c1-12-3-4-14(9-13(12)2)18(22)20-8-7-19-11-15-10-16(21(23)24)5-6-17(15)20/h3-6,9-11H,7-8H2,1-2H3. The number of rotatable bonds is 2. The molecule has 1 amide bonds. The van der Waals surface area contributed by atoms with E-state index in [2.05, 4.69) is 4.99 Å². The molecule has 6 nitrogen and oxygen atoms in total. The monoisotopic (exact) mass is 323 g/mol. The normalized spacial score (nSPS) is 13.3. The van der Waals surface area contributed by atoms with Crippen molar-refractivity contribution in [3.8, 4) is 0 Å². The third-order valence-corrected chi connectivity index (χ3v) is 4.19. The van der Waals surface area contributed by atoms with E-state index in [4.69, 9.17) is 0 Å². The van der Waals surface area contributed by atoms with Crippen LogP contribution in [0.3, 0.4) is 0 Å². The number of anilines is 1. The Kier molecular flexibility index (Phi) is 4.12. The van der Waals surface area contributed by atoms with Crippen molar-refractivity contribution in [2.24, 2.45) is 4.99 Å². The number of aliphatic imine (C=N–C) groups is 1. The molecule has 2 aromatic rings. The first-order valence-corrected chi connectivity index (χ1v) is 7.65. The van der Waals surface area contributed by atoms with Crippen molar-refractivity contribution in [3.63, 3.8) is 0 Å². The minimum Gasteiger partial charge on any atom is -0.306 e. The summed E-state index contributed by atoms with van der Waals surface area (Å²) < 4.78 is 0. The fourth-order valence-electron chi connectivity index (χ4n) is 2.69. The van der Waals surface area contributed by atoms with Gasteiger partial charge in [-0.05, 0) is 43.2 Å². The maximum atomic E-state index is 12.9. The molecule has 0 aromatic heterocycles. The zero-order chi connectivity index (χ0) is 17.3. The van der Waals surface area contributed by atoms with Crippen LogP contribution in [-0.2, 0) is 0 Å². The number of nitrogens with zero attached hydrogens (tertiary/aromatic N) is 3. The summed E-state index contributed by atoms with van der Waals surface area (Å²) in [5.41, 5.74) is 3.99. The Balaban J connectivity index is 2.02. The predicted molar refractivity (Wildman–Crippen MR) is 93.1 cm³/mol. The molecule has 0 saturated heterocycles. The van der Waals surface area contributed by atoms with Crippen LogP contribution in [-0.4, -0.2) is 30.1 Å². The molecule has 0 saturated carbocycles. The molecule has 6 heteroatoms. The summed E-state index contributed by atoms with van der Waals surface area (Å²) in [7, 11) is 0. The highest BCUT2D eigenvalue weighted by molar-refractivity contribution is 6.09. The zero-order valence-corrected chi connectivity index (χ0v) is 13.5. The minimum atomic E-state index is -0.450. The lowest BCUT2D eigenvalue weighted by Gasteiger charge is -2.22. The van der Waals surface area contributed by atoms with Gasteiger partial charge in [0.1, 0.15) is 0 Å². The quantitative estimate of drug-likeness (QED) is 0.628. The number of benzene rings is 2. The summed E-state index contributed by atoms with van der Waals surface area (Å²) in [6.45, 7) is 4.86. The van der Waals surface area contributed by atoms with Gasteiger partial charge < -0.3 is 4.90 Å². The minimum absolute atomic E-state index is 0.0133. The summed E-state index contributed by atoms with van der Waals surface area (Å²) >= 11 is 0. The second-order valence-electron chi connectivity index (χ2n) is 5.79. The van der Waals surface area contributed by atoms with E-state index < -0.39 is 4.92 Å². The van der Waals surface area contributed by atoms with Gasteiger partial charge in [-0.2, -0.15) is 0 Å². The summed E-state index contributed by atoms with van der Waals surface area (Å²) in [6.07, 6.45) is 1.59. The van der Waals surface area contributed by atoms with Crippen molar-refractivity contribution in [1.82, 2.24) is 0 Å². The van der Waals surface area contributed by atoms with E-state index in [1.165, 1.54) is 12.1 Å². The molecular weight excluding hydrogens is 306 g/mol. The molecule has 0 N–H and O–H groups in total. The Hall–Kier alpha value is -3.02. The number of carbonyl (C=O) groups excluding carboxylic acids is 1. The Bertz CT molecular complexity index is 859. The average molecular weight is 323 g/mol.